The molecule has 2 rings (SSSR count). The van der Waals surface area contributed by atoms with E-state index in [1.54, 1.807) is 7.11 Å². The molecule has 2 radical (unpaired) electrons. The maximum absolute atomic E-state index is 5.72. The van der Waals surface area contributed by atoms with Crippen molar-refractivity contribution in [2.45, 2.75) is 37.2 Å². The van der Waals surface area contributed by atoms with Crippen molar-refractivity contribution in [3.05, 3.63) is 0 Å². The zero-order valence-electron chi connectivity index (χ0n) is 7.45. The van der Waals surface area contributed by atoms with Crippen molar-refractivity contribution >= 4 is 7.85 Å². The van der Waals surface area contributed by atoms with Gasteiger partial charge in [-0.05, 0) is 6.42 Å². The molecule has 4 atom stereocenters. The van der Waals surface area contributed by atoms with Gasteiger partial charge in [-0.3, -0.25) is 0 Å². The predicted molar refractivity (Wildman–Crippen MR) is 44.2 cm³/mol. The van der Waals surface area contributed by atoms with Crippen LogP contribution in [-0.4, -0.2) is 45.4 Å². The molecule has 0 aromatic rings. The highest BCUT2D eigenvalue weighted by Gasteiger charge is 2.58. The Hall–Kier alpha value is -0.0551. The van der Waals surface area contributed by atoms with Gasteiger partial charge in [0.2, 0.25) is 0 Å². The molecule has 0 spiro atoms. The predicted octanol–water partition coefficient (Wildman–Crippen LogP) is 0.0738. The molecule has 4 heteroatoms. The largest absolute Gasteiger partial charge is 0.376 e. The van der Waals surface area contributed by atoms with E-state index in [-0.39, 0.29) is 23.8 Å². The second kappa shape index (κ2) is 2.72. The van der Waals surface area contributed by atoms with E-state index in [1.807, 2.05) is 0 Å². The second-order valence-corrected chi connectivity index (χ2v) is 3.43. The molecular formula is C8H13BO3. The summed E-state index contributed by atoms with van der Waals surface area (Å²) in [5.74, 6) is 0. The monoisotopic (exact) mass is 168 g/mol. The van der Waals surface area contributed by atoms with Crippen LogP contribution in [-0.2, 0) is 14.2 Å². The summed E-state index contributed by atoms with van der Waals surface area (Å²) in [6.45, 7) is 2.68. The molecule has 0 aliphatic carbocycles. The summed E-state index contributed by atoms with van der Waals surface area (Å²) < 4.78 is 16.4. The number of hydrogen-bond donors (Lipinski definition) is 0. The summed E-state index contributed by atoms with van der Waals surface area (Å²) >= 11 is 0. The van der Waals surface area contributed by atoms with Gasteiger partial charge in [0.1, 0.15) is 25.7 Å². The lowest BCUT2D eigenvalue weighted by Gasteiger charge is -2.29. The lowest BCUT2D eigenvalue weighted by atomic mass is 9.91. The molecular weight excluding hydrogens is 155 g/mol. The minimum atomic E-state index is -0.316. The van der Waals surface area contributed by atoms with Crippen molar-refractivity contribution in [1.29, 1.82) is 0 Å². The van der Waals surface area contributed by atoms with Crippen LogP contribution in [0.25, 0.3) is 0 Å². The third kappa shape index (κ3) is 0.887. The third-order valence-electron chi connectivity index (χ3n) is 2.88. The Morgan fingerprint density at radius 1 is 1.67 bits per heavy atom. The fourth-order valence-electron chi connectivity index (χ4n) is 2.15. The van der Waals surface area contributed by atoms with Crippen LogP contribution in [0, 0.1) is 0 Å². The van der Waals surface area contributed by atoms with Gasteiger partial charge in [-0.15, -0.1) is 0 Å². The van der Waals surface area contributed by atoms with Crippen molar-refractivity contribution in [1.82, 2.24) is 0 Å². The highest BCUT2D eigenvalue weighted by Crippen LogP contribution is 2.42. The molecule has 3 nitrogen and oxygen atoms in total. The Labute approximate surface area is 73.8 Å². The molecule has 0 aromatic carbocycles. The van der Waals surface area contributed by atoms with Gasteiger partial charge in [0.15, 0.2) is 0 Å². The number of fused-ring (bicyclic) bond motifs is 2. The maximum atomic E-state index is 5.72. The van der Waals surface area contributed by atoms with Crippen LogP contribution < -0.4 is 0 Å². The van der Waals surface area contributed by atoms with E-state index in [2.05, 4.69) is 6.92 Å². The van der Waals surface area contributed by atoms with Crippen LogP contribution in [0.5, 0.6) is 0 Å². The standard InChI is InChI=1S/C8H13BO3/c1-3-8-4-11-5(6(8)10-2)7(9)12-8/h5-7H,3-4H2,1-2H3/t5-,6?,7-,8-/m1/s1. The van der Waals surface area contributed by atoms with Crippen LogP contribution >= 0.6 is 0 Å². The van der Waals surface area contributed by atoms with Gasteiger partial charge in [0.05, 0.1) is 6.61 Å². The van der Waals surface area contributed by atoms with E-state index in [4.69, 9.17) is 22.1 Å². The first-order valence-corrected chi connectivity index (χ1v) is 4.31. The van der Waals surface area contributed by atoms with E-state index >= 15 is 0 Å². The van der Waals surface area contributed by atoms with Gasteiger partial charge in [0.25, 0.3) is 0 Å². The van der Waals surface area contributed by atoms with E-state index in [1.165, 1.54) is 0 Å². The average molecular weight is 168 g/mol. The molecule has 0 N–H and O–H groups in total. The van der Waals surface area contributed by atoms with Crippen LogP contribution in [0.1, 0.15) is 13.3 Å². The fourth-order valence-corrected chi connectivity index (χ4v) is 2.15. The van der Waals surface area contributed by atoms with E-state index in [0.717, 1.165) is 6.42 Å². The fraction of sp³-hybridized carbons (Fsp3) is 1.00. The smallest absolute Gasteiger partial charge is 0.119 e. The summed E-state index contributed by atoms with van der Waals surface area (Å²) in [6, 6.07) is -0.316. The van der Waals surface area contributed by atoms with Gasteiger partial charge in [-0.2, -0.15) is 0 Å². The first-order chi connectivity index (χ1) is 5.73. The zero-order chi connectivity index (χ0) is 8.77. The molecule has 2 saturated heterocycles. The van der Waals surface area contributed by atoms with Crippen LogP contribution in [0.3, 0.4) is 0 Å². The quantitative estimate of drug-likeness (QED) is 0.546. The van der Waals surface area contributed by atoms with E-state index in [9.17, 15) is 0 Å². The Morgan fingerprint density at radius 3 is 2.83 bits per heavy atom. The molecule has 2 bridgehead atoms. The summed E-state index contributed by atoms with van der Waals surface area (Å²) in [7, 11) is 7.40. The first kappa shape index (κ1) is 8.54. The minimum absolute atomic E-state index is 0.0116. The van der Waals surface area contributed by atoms with Gasteiger partial charge in [0, 0.05) is 13.1 Å². The number of hydrogen-bond acceptors (Lipinski definition) is 3. The number of methoxy groups -OCH3 is 1. The zero-order valence-corrected chi connectivity index (χ0v) is 7.45. The number of rotatable bonds is 2. The Bertz CT molecular complexity index is 187. The van der Waals surface area contributed by atoms with Crippen molar-refractivity contribution < 1.29 is 14.2 Å². The highest BCUT2D eigenvalue weighted by atomic mass is 16.7. The summed E-state index contributed by atoms with van der Waals surface area (Å²) in [4.78, 5) is 0. The molecule has 2 aliphatic rings. The normalized spacial score (nSPS) is 51.7. The van der Waals surface area contributed by atoms with Crippen molar-refractivity contribution in [2.24, 2.45) is 0 Å². The Balaban J connectivity index is 2.23. The first-order valence-electron chi connectivity index (χ1n) is 4.31. The van der Waals surface area contributed by atoms with Crippen molar-refractivity contribution in [2.75, 3.05) is 13.7 Å². The van der Waals surface area contributed by atoms with Gasteiger partial charge in [-0.25, -0.2) is 0 Å². The van der Waals surface area contributed by atoms with Crippen LogP contribution in [0.2, 0.25) is 0 Å². The van der Waals surface area contributed by atoms with E-state index in [0.29, 0.717) is 6.61 Å². The molecule has 2 aliphatic heterocycles. The summed E-state index contributed by atoms with van der Waals surface area (Å²) in [5.41, 5.74) is -0.279. The van der Waals surface area contributed by atoms with Crippen LogP contribution in [0.4, 0.5) is 0 Å². The minimum Gasteiger partial charge on any atom is -0.376 e. The van der Waals surface area contributed by atoms with E-state index < -0.39 is 0 Å². The molecule has 0 saturated carbocycles. The number of ether oxygens (including phenoxy) is 3. The molecule has 0 aromatic heterocycles. The molecule has 2 heterocycles. The lowest BCUT2D eigenvalue weighted by molar-refractivity contribution is -0.120. The molecule has 2 fully saturated rings. The second-order valence-electron chi connectivity index (χ2n) is 3.43. The summed E-state index contributed by atoms with van der Waals surface area (Å²) in [5, 5.41) is 0. The summed E-state index contributed by atoms with van der Waals surface area (Å²) in [6.07, 6.45) is 0.822. The SMILES string of the molecule is [B][C@@H]1O[C@]2(CC)CO[C@@H]1C2OC. The highest BCUT2D eigenvalue weighted by molar-refractivity contribution is 6.11. The maximum Gasteiger partial charge on any atom is 0.119 e. The Kier molecular flexibility index (Phi) is 1.94. The van der Waals surface area contributed by atoms with Crippen LogP contribution in [0.15, 0.2) is 0 Å². The van der Waals surface area contributed by atoms with Crippen molar-refractivity contribution in [3.63, 3.8) is 0 Å². The Morgan fingerprint density at radius 2 is 2.42 bits per heavy atom. The van der Waals surface area contributed by atoms with Gasteiger partial charge < -0.3 is 14.2 Å². The molecule has 12 heavy (non-hydrogen) atoms. The molecule has 66 valence electrons. The lowest BCUT2D eigenvalue weighted by Crippen LogP contribution is -2.40. The van der Waals surface area contributed by atoms with Crippen molar-refractivity contribution in [3.8, 4) is 0 Å². The topological polar surface area (TPSA) is 27.7 Å². The molecule has 0 amide bonds. The average Bonchev–Trinajstić information content (AvgIpc) is 2.56. The van der Waals surface area contributed by atoms with Gasteiger partial charge >= 0.3 is 0 Å². The van der Waals surface area contributed by atoms with Gasteiger partial charge in [-0.1, -0.05) is 6.92 Å². The third-order valence-corrected chi connectivity index (χ3v) is 2.88. The molecule has 1 unspecified atom stereocenters.